The van der Waals surface area contributed by atoms with Gasteiger partial charge in [-0.3, -0.25) is 15.4 Å². The van der Waals surface area contributed by atoms with E-state index in [-0.39, 0.29) is 10.6 Å². The molecule has 0 saturated carbocycles. The summed E-state index contributed by atoms with van der Waals surface area (Å²) >= 11 is 0. The van der Waals surface area contributed by atoms with Crippen LogP contribution in [0.3, 0.4) is 0 Å². The van der Waals surface area contributed by atoms with Gasteiger partial charge in [0.25, 0.3) is 5.69 Å². The van der Waals surface area contributed by atoms with Gasteiger partial charge in [0.1, 0.15) is 6.04 Å². The van der Waals surface area contributed by atoms with Crippen LogP contribution in [-0.2, 0) is 19.6 Å². The lowest BCUT2D eigenvalue weighted by atomic mass is 10.0. The molecule has 0 aliphatic heterocycles. The van der Waals surface area contributed by atoms with Crippen LogP contribution in [0.4, 0.5) is 5.69 Å². The second-order valence-corrected chi connectivity index (χ2v) is 6.77. The van der Waals surface area contributed by atoms with Crippen LogP contribution in [0.2, 0.25) is 0 Å². The maximum absolute atomic E-state index is 11.6. The molecule has 1 heterocycles. The van der Waals surface area contributed by atoms with Gasteiger partial charge in [0.15, 0.2) is 5.82 Å². The summed E-state index contributed by atoms with van der Waals surface area (Å²) in [4.78, 5) is 11.2. The zero-order valence-corrected chi connectivity index (χ0v) is 16.4. The number of nitrogens with two attached hydrogens (primary N) is 1. The number of nitrogens with zero attached hydrogens (tertiary/aromatic N) is 5. The Bertz CT molecular complexity index is 957. The van der Waals surface area contributed by atoms with Gasteiger partial charge in [-0.05, 0) is 28.0 Å². The molecular formula is C20H25N7O2. The first-order valence-electron chi connectivity index (χ1n) is 9.64. The average Bonchev–Trinajstić information content (AvgIpc) is 3.21. The molecule has 0 spiro atoms. The number of benzene rings is 2. The number of unbranched alkanes of at least 4 members (excludes halogenated alkanes) is 1. The summed E-state index contributed by atoms with van der Waals surface area (Å²) in [6, 6.07) is 14.1. The minimum absolute atomic E-state index is 0.0331. The lowest BCUT2D eigenvalue weighted by molar-refractivity contribution is -0.385. The van der Waals surface area contributed by atoms with E-state index in [1.54, 1.807) is 22.9 Å². The summed E-state index contributed by atoms with van der Waals surface area (Å²) in [5, 5.41) is 27.1. The Labute approximate surface area is 169 Å². The molecule has 1 unspecified atom stereocenters. The maximum Gasteiger partial charge on any atom is 0.274 e. The normalized spacial score (nSPS) is 12.1. The average molecular weight is 395 g/mol. The van der Waals surface area contributed by atoms with Gasteiger partial charge in [0.2, 0.25) is 0 Å². The lowest BCUT2D eigenvalue weighted by Gasteiger charge is -2.19. The zero-order chi connectivity index (χ0) is 20.6. The number of nitrogens with one attached hydrogen (secondary N) is 1. The summed E-state index contributed by atoms with van der Waals surface area (Å²) in [7, 11) is 0. The highest BCUT2D eigenvalue weighted by Crippen LogP contribution is 2.29. The summed E-state index contributed by atoms with van der Waals surface area (Å²) in [5.74, 6) is 0.558. The first-order chi connectivity index (χ1) is 14.1. The summed E-state index contributed by atoms with van der Waals surface area (Å²) in [6.07, 6.45) is 1.91. The van der Waals surface area contributed by atoms with Crippen molar-refractivity contribution in [1.29, 1.82) is 0 Å². The number of nitro groups is 1. The van der Waals surface area contributed by atoms with E-state index in [1.165, 1.54) is 6.07 Å². The van der Waals surface area contributed by atoms with E-state index in [0.29, 0.717) is 31.0 Å². The largest absolute Gasteiger partial charge is 0.326 e. The summed E-state index contributed by atoms with van der Waals surface area (Å²) in [6.45, 7) is 3.69. The first kappa shape index (κ1) is 20.6. The molecule has 152 valence electrons. The van der Waals surface area contributed by atoms with Gasteiger partial charge in [0.05, 0.1) is 10.5 Å². The van der Waals surface area contributed by atoms with Gasteiger partial charge in [0, 0.05) is 25.7 Å². The molecule has 29 heavy (non-hydrogen) atoms. The van der Waals surface area contributed by atoms with E-state index in [0.717, 1.165) is 24.0 Å². The molecular weight excluding hydrogens is 370 g/mol. The van der Waals surface area contributed by atoms with Crippen molar-refractivity contribution in [1.82, 2.24) is 25.5 Å². The van der Waals surface area contributed by atoms with E-state index in [9.17, 15) is 10.1 Å². The second-order valence-electron chi connectivity index (χ2n) is 6.77. The number of aromatic nitrogens is 4. The number of para-hydroxylation sites is 1. The molecule has 3 N–H and O–H groups in total. The monoisotopic (exact) mass is 395 g/mol. The maximum atomic E-state index is 11.6. The lowest BCUT2D eigenvalue weighted by Crippen LogP contribution is -2.26. The summed E-state index contributed by atoms with van der Waals surface area (Å²) in [5.41, 5.74) is 8.36. The molecule has 9 heteroatoms. The number of aryl methyl sites for hydroxylation is 1. The number of tetrazole rings is 1. The quantitative estimate of drug-likeness (QED) is 0.399. The molecule has 0 bridgehead atoms. The Morgan fingerprint density at radius 2 is 2.00 bits per heavy atom. The highest BCUT2D eigenvalue weighted by atomic mass is 16.6. The van der Waals surface area contributed by atoms with Crippen LogP contribution in [-0.4, -0.2) is 25.1 Å². The van der Waals surface area contributed by atoms with E-state index < -0.39 is 6.04 Å². The second kappa shape index (κ2) is 9.85. The molecule has 0 saturated heterocycles. The molecule has 0 aliphatic carbocycles. The molecule has 0 amide bonds. The third-order valence-electron chi connectivity index (χ3n) is 4.72. The minimum Gasteiger partial charge on any atom is -0.326 e. The van der Waals surface area contributed by atoms with Gasteiger partial charge >= 0.3 is 0 Å². The van der Waals surface area contributed by atoms with Crippen molar-refractivity contribution < 1.29 is 4.92 Å². The molecule has 9 nitrogen and oxygen atoms in total. The minimum atomic E-state index is -0.523. The van der Waals surface area contributed by atoms with Crippen LogP contribution < -0.4 is 11.1 Å². The summed E-state index contributed by atoms with van der Waals surface area (Å²) < 4.78 is 1.72. The smallest absolute Gasteiger partial charge is 0.274 e. The van der Waals surface area contributed by atoms with Crippen molar-refractivity contribution in [3.05, 3.63) is 81.2 Å². The Kier molecular flexibility index (Phi) is 6.99. The molecule has 3 rings (SSSR count). The highest BCUT2D eigenvalue weighted by molar-refractivity contribution is 5.44. The van der Waals surface area contributed by atoms with Gasteiger partial charge in [-0.2, -0.15) is 0 Å². The van der Waals surface area contributed by atoms with Crippen molar-refractivity contribution in [3.63, 3.8) is 0 Å². The van der Waals surface area contributed by atoms with Crippen LogP contribution in [0, 0.1) is 10.1 Å². The molecule has 2 aromatic carbocycles. The van der Waals surface area contributed by atoms with Crippen LogP contribution in [0.25, 0.3) is 0 Å². The van der Waals surface area contributed by atoms with Gasteiger partial charge in [-0.1, -0.05) is 55.8 Å². The van der Waals surface area contributed by atoms with Crippen molar-refractivity contribution in [2.75, 3.05) is 0 Å². The Hall–Kier alpha value is -3.17. The van der Waals surface area contributed by atoms with E-state index in [2.05, 4.69) is 27.8 Å². The topological polar surface area (TPSA) is 125 Å². The Morgan fingerprint density at radius 3 is 2.76 bits per heavy atom. The van der Waals surface area contributed by atoms with Crippen molar-refractivity contribution >= 4 is 5.69 Å². The molecule has 0 aliphatic rings. The first-order valence-corrected chi connectivity index (χ1v) is 9.64. The van der Waals surface area contributed by atoms with Gasteiger partial charge in [-0.25, -0.2) is 4.68 Å². The molecule has 1 atom stereocenters. The predicted molar refractivity (Wildman–Crippen MR) is 109 cm³/mol. The molecule has 0 fully saturated rings. The molecule has 1 aromatic heterocycles. The van der Waals surface area contributed by atoms with Gasteiger partial charge in [-0.15, -0.1) is 5.10 Å². The van der Waals surface area contributed by atoms with Crippen molar-refractivity contribution in [3.8, 4) is 0 Å². The SMILES string of the molecule is CCCCn1nnnc1C(NCc1cccc(CN)c1)c1ccccc1[N+](=O)[O-]. The fraction of sp³-hybridized carbons (Fsp3) is 0.350. The molecule has 0 radical (unpaired) electrons. The van der Waals surface area contributed by atoms with Crippen LogP contribution in [0.15, 0.2) is 48.5 Å². The third kappa shape index (κ3) is 5.01. The fourth-order valence-electron chi connectivity index (χ4n) is 3.21. The van der Waals surface area contributed by atoms with E-state index >= 15 is 0 Å². The van der Waals surface area contributed by atoms with Crippen LogP contribution >= 0.6 is 0 Å². The van der Waals surface area contributed by atoms with Crippen molar-refractivity contribution in [2.45, 2.75) is 45.4 Å². The van der Waals surface area contributed by atoms with E-state index in [4.69, 9.17) is 5.73 Å². The number of rotatable bonds is 10. The number of nitro benzene ring substituents is 1. The predicted octanol–water partition coefficient (Wildman–Crippen LogP) is 2.72. The van der Waals surface area contributed by atoms with E-state index in [1.807, 2.05) is 24.3 Å². The number of hydrogen-bond donors (Lipinski definition) is 2. The standard InChI is InChI=1S/C20H25N7O2/c1-2-3-11-26-20(23-24-25-26)19(17-9-4-5-10-18(17)27(28)29)22-14-16-8-6-7-15(12-16)13-21/h4-10,12,19,22H,2-3,11,13-14,21H2,1H3. The van der Waals surface area contributed by atoms with Crippen molar-refractivity contribution in [2.24, 2.45) is 5.73 Å². The third-order valence-corrected chi connectivity index (χ3v) is 4.72. The van der Waals surface area contributed by atoms with Gasteiger partial charge < -0.3 is 5.73 Å². The Morgan fingerprint density at radius 1 is 1.21 bits per heavy atom. The number of hydrogen-bond acceptors (Lipinski definition) is 7. The zero-order valence-electron chi connectivity index (χ0n) is 16.4. The molecule has 3 aromatic rings. The van der Waals surface area contributed by atoms with Crippen LogP contribution in [0.5, 0.6) is 0 Å². The fourth-order valence-corrected chi connectivity index (χ4v) is 3.21. The highest BCUT2D eigenvalue weighted by Gasteiger charge is 2.27. The van der Waals surface area contributed by atoms with Crippen LogP contribution in [0.1, 0.15) is 48.3 Å². The Balaban J connectivity index is 1.96.